The van der Waals surface area contributed by atoms with E-state index in [0.717, 1.165) is 25.6 Å². The summed E-state index contributed by atoms with van der Waals surface area (Å²) in [6, 6.07) is 9.04. The standard InChI is InChI=1S/C20H30N2O/c1-3-22-13-11-19-18(9-4-10-20(19)22)16-21-12-5-7-17(15-21)8-6-14-23-2/h4,9-11,13,17H,3,5-8,12,14-16H2,1-2H3. The van der Waals surface area contributed by atoms with Crippen LogP contribution in [-0.2, 0) is 17.8 Å². The Morgan fingerprint density at radius 2 is 2.17 bits per heavy atom. The van der Waals surface area contributed by atoms with Crippen LogP contribution in [0.3, 0.4) is 0 Å². The predicted octanol–water partition coefficient (Wildman–Crippen LogP) is 4.30. The quantitative estimate of drug-likeness (QED) is 0.709. The van der Waals surface area contributed by atoms with E-state index in [1.54, 1.807) is 7.11 Å². The van der Waals surface area contributed by atoms with Gasteiger partial charge in [-0.2, -0.15) is 0 Å². The van der Waals surface area contributed by atoms with E-state index in [9.17, 15) is 0 Å². The molecule has 1 aliphatic rings. The van der Waals surface area contributed by atoms with Crippen molar-refractivity contribution in [3.05, 3.63) is 36.0 Å². The van der Waals surface area contributed by atoms with Crippen molar-refractivity contribution >= 4 is 10.9 Å². The molecule has 1 aromatic heterocycles. The minimum Gasteiger partial charge on any atom is -0.385 e. The zero-order chi connectivity index (χ0) is 16.1. The number of piperidine rings is 1. The lowest BCUT2D eigenvalue weighted by atomic mass is 9.93. The molecule has 3 heteroatoms. The summed E-state index contributed by atoms with van der Waals surface area (Å²) in [6.45, 7) is 7.73. The third kappa shape index (κ3) is 3.96. The summed E-state index contributed by atoms with van der Waals surface area (Å²) in [5, 5.41) is 1.43. The third-order valence-corrected chi connectivity index (χ3v) is 5.20. The molecule has 3 rings (SSSR count). The van der Waals surface area contributed by atoms with Crippen molar-refractivity contribution in [2.75, 3.05) is 26.8 Å². The molecule has 2 aromatic rings. The molecule has 1 fully saturated rings. The smallest absolute Gasteiger partial charge is 0.0483 e. The molecule has 0 saturated carbocycles. The van der Waals surface area contributed by atoms with Gasteiger partial charge in [-0.15, -0.1) is 0 Å². The second-order valence-electron chi connectivity index (χ2n) is 6.83. The highest BCUT2D eigenvalue weighted by Crippen LogP contribution is 2.26. The molecule has 3 nitrogen and oxygen atoms in total. The first kappa shape index (κ1) is 16.5. The van der Waals surface area contributed by atoms with Crippen LogP contribution in [0.2, 0.25) is 0 Å². The molecule has 1 aromatic carbocycles. The molecule has 0 spiro atoms. The van der Waals surface area contributed by atoms with Crippen molar-refractivity contribution in [2.24, 2.45) is 5.92 Å². The molecular formula is C20H30N2O. The number of aromatic nitrogens is 1. The minimum atomic E-state index is 0.846. The van der Waals surface area contributed by atoms with Gasteiger partial charge in [0.2, 0.25) is 0 Å². The number of benzene rings is 1. The van der Waals surface area contributed by atoms with Crippen LogP contribution in [0.15, 0.2) is 30.5 Å². The molecule has 1 saturated heterocycles. The highest BCUT2D eigenvalue weighted by Gasteiger charge is 2.20. The number of ether oxygens (including phenoxy) is 1. The van der Waals surface area contributed by atoms with Crippen LogP contribution in [-0.4, -0.2) is 36.3 Å². The average Bonchev–Trinajstić information content (AvgIpc) is 3.00. The molecule has 1 aliphatic heterocycles. The van der Waals surface area contributed by atoms with Crippen molar-refractivity contribution in [3.63, 3.8) is 0 Å². The summed E-state index contributed by atoms with van der Waals surface area (Å²) >= 11 is 0. The summed E-state index contributed by atoms with van der Waals surface area (Å²) in [5.41, 5.74) is 2.85. The fraction of sp³-hybridized carbons (Fsp3) is 0.600. The molecule has 126 valence electrons. The molecule has 0 amide bonds. The minimum absolute atomic E-state index is 0.846. The Morgan fingerprint density at radius 1 is 1.26 bits per heavy atom. The number of likely N-dealkylation sites (tertiary alicyclic amines) is 1. The van der Waals surface area contributed by atoms with Gasteiger partial charge in [0.15, 0.2) is 0 Å². The van der Waals surface area contributed by atoms with Gasteiger partial charge in [-0.1, -0.05) is 12.1 Å². The van der Waals surface area contributed by atoms with Crippen molar-refractivity contribution in [2.45, 2.75) is 45.7 Å². The first-order valence-corrected chi connectivity index (χ1v) is 9.10. The molecule has 23 heavy (non-hydrogen) atoms. The number of hydrogen-bond acceptors (Lipinski definition) is 2. The number of fused-ring (bicyclic) bond motifs is 1. The fourth-order valence-corrected chi connectivity index (χ4v) is 3.99. The number of hydrogen-bond donors (Lipinski definition) is 0. The molecule has 0 radical (unpaired) electrons. The second-order valence-corrected chi connectivity index (χ2v) is 6.83. The van der Waals surface area contributed by atoms with E-state index in [2.05, 4.69) is 46.9 Å². The molecule has 1 atom stereocenters. The van der Waals surface area contributed by atoms with Gasteiger partial charge in [-0.3, -0.25) is 4.90 Å². The fourth-order valence-electron chi connectivity index (χ4n) is 3.99. The Bertz CT molecular complexity index is 619. The summed E-state index contributed by atoms with van der Waals surface area (Å²) in [7, 11) is 1.80. The van der Waals surface area contributed by atoms with Gasteiger partial charge in [0.05, 0.1) is 0 Å². The van der Waals surface area contributed by atoms with E-state index in [1.807, 2.05) is 0 Å². The Morgan fingerprint density at radius 3 is 3.00 bits per heavy atom. The summed E-state index contributed by atoms with van der Waals surface area (Å²) < 4.78 is 7.54. The van der Waals surface area contributed by atoms with E-state index in [0.29, 0.717) is 0 Å². The molecule has 0 N–H and O–H groups in total. The highest BCUT2D eigenvalue weighted by molar-refractivity contribution is 5.83. The van der Waals surface area contributed by atoms with Gasteiger partial charge in [0.1, 0.15) is 0 Å². The topological polar surface area (TPSA) is 17.4 Å². The molecular weight excluding hydrogens is 284 g/mol. The van der Waals surface area contributed by atoms with Gasteiger partial charge in [-0.25, -0.2) is 0 Å². The molecule has 2 heterocycles. The van der Waals surface area contributed by atoms with E-state index in [-0.39, 0.29) is 0 Å². The average molecular weight is 314 g/mol. The van der Waals surface area contributed by atoms with Crippen molar-refractivity contribution in [3.8, 4) is 0 Å². The Labute approximate surface area is 140 Å². The lowest BCUT2D eigenvalue weighted by Crippen LogP contribution is -2.35. The van der Waals surface area contributed by atoms with Crippen molar-refractivity contribution in [1.82, 2.24) is 9.47 Å². The number of rotatable bonds is 7. The monoisotopic (exact) mass is 314 g/mol. The Hall–Kier alpha value is -1.32. The van der Waals surface area contributed by atoms with Crippen LogP contribution in [0.5, 0.6) is 0 Å². The summed E-state index contributed by atoms with van der Waals surface area (Å²) in [4.78, 5) is 2.65. The number of nitrogens with zero attached hydrogens (tertiary/aromatic N) is 2. The zero-order valence-electron chi connectivity index (χ0n) is 14.6. The van der Waals surface area contributed by atoms with E-state index in [4.69, 9.17) is 4.74 Å². The zero-order valence-corrected chi connectivity index (χ0v) is 14.6. The van der Waals surface area contributed by atoms with Crippen molar-refractivity contribution in [1.29, 1.82) is 0 Å². The maximum absolute atomic E-state index is 5.20. The number of aryl methyl sites for hydroxylation is 1. The van der Waals surface area contributed by atoms with Crippen LogP contribution >= 0.6 is 0 Å². The van der Waals surface area contributed by atoms with Gasteiger partial charge in [-0.05, 0) is 62.8 Å². The lowest BCUT2D eigenvalue weighted by Gasteiger charge is -2.33. The highest BCUT2D eigenvalue weighted by atomic mass is 16.5. The van der Waals surface area contributed by atoms with Crippen LogP contribution in [0.25, 0.3) is 10.9 Å². The summed E-state index contributed by atoms with van der Waals surface area (Å²) in [6.07, 6.45) is 7.45. The SMILES string of the molecule is CCn1ccc2c(CN3CCCC(CCCOC)C3)cccc21. The summed E-state index contributed by atoms with van der Waals surface area (Å²) in [5.74, 6) is 0.846. The first-order valence-electron chi connectivity index (χ1n) is 9.10. The molecule has 0 bridgehead atoms. The van der Waals surface area contributed by atoms with E-state index in [1.165, 1.54) is 55.2 Å². The maximum atomic E-state index is 5.20. The van der Waals surface area contributed by atoms with Gasteiger partial charge in [0, 0.05) is 50.5 Å². The predicted molar refractivity (Wildman–Crippen MR) is 96.7 cm³/mol. The largest absolute Gasteiger partial charge is 0.385 e. The van der Waals surface area contributed by atoms with Crippen LogP contribution in [0.4, 0.5) is 0 Å². The number of methoxy groups -OCH3 is 1. The van der Waals surface area contributed by atoms with Gasteiger partial charge in [0.25, 0.3) is 0 Å². The van der Waals surface area contributed by atoms with Gasteiger partial charge >= 0.3 is 0 Å². The van der Waals surface area contributed by atoms with Crippen LogP contribution in [0.1, 0.15) is 38.2 Å². The van der Waals surface area contributed by atoms with Crippen LogP contribution in [0, 0.1) is 5.92 Å². The van der Waals surface area contributed by atoms with Crippen LogP contribution < -0.4 is 0 Å². The first-order chi connectivity index (χ1) is 11.3. The third-order valence-electron chi connectivity index (χ3n) is 5.20. The molecule has 1 unspecified atom stereocenters. The van der Waals surface area contributed by atoms with E-state index < -0.39 is 0 Å². The lowest BCUT2D eigenvalue weighted by molar-refractivity contribution is 0.143. The normalized spacial score (nSPS) is 19.5. The second kappa shape index (κ2) is 7.98. The van der Waals surface area contributed by atoms with Crippen molar-refractivity contribution < 1.29 is 4.74 Å². The van der Waals surface area contributed by atoms with E-state index >= 15 is 0 Å². The maximum Gasteiger partial charge on any atom is 0.0483 e. The van der Waals surface area contributed by atoms with Gasteiger partial charge < -0.3 is 9.30 Å². The Balaban J connectivity index is 1.66. The Kier molecular flexibility index (Phi) is 5.74. The molecule has 0 aliphatic carbocycles.